The molecule has 0 bridgehead atoms. The van der Waals surface area contributed by atoms with Crippen LogP contribution >= 0.6 is 0 Å². The van der Waals surface area contributed by atoms with E-state index in [-0.39, 0.29) is 25.0 Å². The Morgan fingerprint density at radius 1 is 0.838 bits per heavy atom. The van der Waals surface area contributed by atoms with Gasteiger partial charge in [0.15, 0.2) is 6.61 Å². The third-order valence-electron chi connectivity index (χ3n) is 6.01. The Morgan fingerprint density at radius 3 is 2.19 bits per heavy atom. The maximum atomic E-state index is 13.6. The molecule has 1 atom stereocenters. The second kappa shape index (κ2) is 14.5. The quantitative estimate of drug-likeness (QED) is 0.324. The second-order valence-electron chi connectivity index (χ2n) is 8.69. The normalized spacial score (nSPS) is 11.3. The molecule has 3 rings (SSSR count). The van der Waals surface area contributed by atoms with Crippen LogP contribution in [-0.2, 0) is 22.6 Å². The molecule has 37 heavy (non-hydrogen) atoms. The summed E-state index contributed by atoms with van der Waals surface area (Å²) in [6, 6.07) is 23.6. The molecule has 3 aromatic carbocycles. The van der Waals surface area contributed by atoms with Gasteiger partial charge in [0.1, 0.15) is 23.3 Å². The van der Waals surface area contributed by atoms with E-state index in [2.05, 4.69) is 12.2 Å². The summed E-state index contributed by atoms with van der Waals surface area (Å²) in [7, 11) is 3.19. The molecular weight excluding hydrogens is 468 g/mol. The molecule has 0 aliphatic heterocycles. The van der Waals surface area contributed by atoms with E-state index in [0.717, 1.165) is 24.0 Å². The maximum Gasteiger partial charge on any atom is 0.261 e. The average Bonchev–Trinajstić information content (AvgIpc) is 2.94. The minimum absolute atomic E-state index is 0.182. The first-order valence-corrected chi connectivity index (χ1v) is 12.5. The molecule has 0 unspecified atom stereocenters. The first-order chi connectivity index (χ1) is 18.0. The van der Waals surface area contributed by atoms with Crippen LogP contribution in [0.3, 0.4) is 0 Å². The van der Waals surface area contributed by atoms with Gasteiger partial charge in [-0.3, -0.25) is 9.59 Å². The first-order valence-electron chi connectivity index (χ1n) is 12.5. The fraction of sp³-hybridized carbons (Fsp3) is 0.333. The number of methoxy groups -OCH3 is 2. The van der Waals surface area contributed by atoms with Gasteiger partial charge in [-0.1, -0.05) is 55.8 Å². The summed E-state index contributed by atoms with van der Waals surface area (Å²) in [6.45, 7) is 2.66. The SMILES string of the molecule is CCCCNC(=O)[C@@H](Cc1ccccc1)N(Cc1cccc(OC)c1)C(=O)COc1ccc(OC)cc1. The Hall–Kier alpha value is -4.00. The number of nitrogens with zero attached hydrogens (tertiary/aromatic N) is 1. The zero-order chi connectivity index (χ0) is 26.5. The number of nitrogens with one attached hydrogen (secondary N) is 1. The lowest BCUT2D eigenvalue weighted by atomic mass is 10.0. The highest BCUT2D eigenvalue weighted by Gasteiger charge is 2.30. The molecule has 0 fully saturated rings. The molecule has 0 saturated heterocycles. The second-order valence-corrected chi connectivity index (χ2v) is 8.69. The van der Waals surface area contributed by atoms with E-state index >= 15 is 0 Å². The van der Waals surface area contributed by atoms with Crippen molar-refractivity contribution in [2.24, 2.45) is 0 Å². The van der Waals surface area contributed by atoms with Gasteiger partial charge >= 0.3 is 0 Å². The highest BCUT2D eigenvalue weighted by Crippen LogP contribution is 2.20. The van der Waals surface area contributed by atoms with Gasteiger partial charge < -0.3 is 24.4 Å². The van der Waals surface area contributed by atoms with Crippen molar-refractivity contribution in [1.82, 2.24) is 10.2 Å². The lowest BCUT2D eigenvalue weighted by molar-refractivity contribution is -0.142. The van der Waals surface area contributed by atoms with Gasteiger partial charge in [0, 0.05) is 19.5 Å². The first kappa shape index (κ1) is 27.6. The fourth-order valence-corrected chi connectivity index (χ4v) is 3.93. The van der Waals surface area contributed by atoms with Crippen molar-refractivity contribution in [3.63, 3.8) is 0 Å². The van der Waals surface area contributed by atoms with Crippen molar-refractivity contribution in [3.8, 4) is 17.2 Å². The number of benzene rings is 3. The summed E-state index contributed by atoms with van der Waals surface area (Å²) in [5.41, 5.74) is 1.83. The van der Waals surface area contributed by atoms with Crippen LogP contribution in [-0.4, -0.2) is 50.1 Å². The van der Waals surface area contributed by atoms with Gasteiger partial charge in [0.2, 0.25) is 5.91 Å². The Labute approximate surface area is 219 Å². The van der Waals surface area contributed by atoms with Crippen LogP contribution in [0, 0.1) is 0 Å². The highest BCUT2D eigenvalue weighted by molar-refractivity contribution is 5.88. The summed E-state index contributed by atoms with van der Waals surface area (Å²) in [4.78, 5) is 28.7. The molecule has 196 valence electrons. The van der Waals surface area contributed by atoms with Crippen molar-refractivity contribution in [2.45, 2.75) is 38.8 Å². The van der Waals surface area contributed by atoms with Crippen molar-refractivity contribution in [2.75, 3.05) is 27.4 Å². The number of carbonyl (C=O) groups is 2. The fourth-order valence-electron chi connectivity index (χ4n) is 3.93. The van der Waals surface area contributed by atoms with E-state index in [1.807, 2.05) is 54.6 Å². The topological polar surface area (TPSA) is 77.1 Å². The zero-order valence-electron chi connectivity index (χ0n) is 21.8. The molecule has 0 radical (unpaired) electrons. The molecule has 0 heterocycles. The number of rotatable bonds is 14. The van der Waals surface area contributed by atoms with E-state index in [4.69, 9.17) is 14.2 Å². The van der Waals surface area contributed by atoms with Crippen LogP contribution in [0.25, 0.3) is 0 Å². The minimum atomic E-state index is -0.711. The summed E-state index contributed by atoms with van der Waals surface area (Å²) >= 11 is 0. The molecule has 3 aromatic rings. The summed E-state index contributed by atoms with van der Waals surface area (Å²) in [6.07, 6.45) is 2.22. The number of unbranched alkanes of at least 4 members (excludes halogenated alkanes) is 1. The largest absolute Gasteiger partial charge is 0.497 e. The van der Waals surface area contributed by atoms with Crippen molar-refractivity contribution >= 4 is 11.8 Å². The van der Waals surface area contributed by atoms with Crippen LogP contribution in [0.1, 0.15) is 30.9 Å². The third-order valence-corrected chi connectivity index (χ3v) is 6.01. The van der Waals surface area contributed by atoms with Crippen LogP contribution in [0.2, 0.25) is 0 Å². The minimum Gasteiger partial charge on any atom is -0.497 e. The van der Waals surface area contributed by atoms with E-state index in [0.29, 0.717) is 30.2 Å². The van der Waals surface area contributed by atoms with Gasteiger partial charge in [0.25, 0.3) is 5.91 Å². The molecule has 7 heteroatoms. The Bertz CT molecular complexity index is 1120. The van der Waals surface area contributed by atoms with E-state index in [1.165, 1.54) is 0 Å². The third kappa shape index (κ3) is 8.56. The van der Waals surface area contributed by atoms with Crippen LogP contribution in [0.5, 0.6) is 17.2 Å². The lowest BCUT2D eigenvalue weighted by Crippen LogP contribution is -2.51. The molecule has 0 aromatic heterocycles. The molecular formula is C30H36N2O5. The standard InChI is InChI=1S/C30H36N2O5/c1-4-5-18-31-30(34)28(20-23-10-7-6-8-11-23)32(21-24-12-9-13-27(19-24)36-3)29(33)22-37-26-16-14-25(35-2)15-17-26/h6-17,19,28H,4-5,18,20-22H2,1-3H3,(H,31,34)/t28-/m1/s1. The van der Waals surface area contributed by atoms with Crippen LogP contribution in [0.4, 0.5) is 0 Å². The van der Waals surface area contributed by atoms with E-state index in [9.17, 15) is 9.59 Å². The van der Waals surface area contributed by atoms with Crippen LogP contribution < -0.4 is 19.5 Å². The average molecular weight is 505 g/mol. The zero-order valence-corrected chi connectivity index (χ0v) is 21.8. The van der Waals surface area contributed by atoms with Crippen molar-refractivity contribution in [1.29, 1.82) is 0 Å². The Balaban J connectivity index is 1.88. The molecule has 2 amide bonds. The van der Waals surface area contributed by atoms with E-state index < -0.39 is 6.04 Å². The highest BCUT2D eigenvalue weighted by atomic mass is 16.5. The molecule has 0 aliphatic carbocycles. The van der Waals surface area contributed by atoms with Gasteiger partial charge in [-0.05, 0) is 53.9 Å². The van der Waals surface area contributed by atoms with Gasteiger partial charge in [-0.15, -0.1) is 0 Å². The molecule has 0 spiro atoms. The number of hydrogen-bond acceptors (Lipinski definition) is 5. The smallest absolute Gasteiger partial charge is 0.261 e. The van der Waals surface area contributed by atoms with Crippen LogP contribution in [0.15, 0.2) is 78.9 Å². The molecule has 1 N–H and O–H groups in total. The van der Waals surface area contributed by atoms with Crippen molar-refractivity contribution in [3.05, 3.63) is 90.0 Å². The van der Waals surface area contributed by atoms with Gasteiger partial charge in [-0.2, -0.15) is 0 Å². The monoisotopic (exact) mass is 504 g/mol. The molecule has 7 nitrogen and oxygen atoms in total. The number of ether oxygens (including phenoxy) is 3. The van der Waals surface area contributed by atoms with E-state index in [1.54, 1.807) is 43.4 Å². The number of carbonyl (C=O) groups excluding carboxylic acids is 2. The summed E-state index contributed by atoms with van der Waals surface area (Å²) in [5.74, 6) is 1.46. The maximum absolute atomic E-state index is 13.6. The Kier molecular flexibility index (Phi) is 10.8. The predicted octanol–water partition coefficient (Wildman–Crippen LogP) is 4.64. The summed E-state index contributed by atoms with van der Waals surface area (Å²) in [5, 5.41) is 3.02. The number of hydrogen-bond donors (Lipinski definition) is 1. The van der Waals surface area contributed by atoms with Gasteiger partial charge in [0.05, 0.1) is 14.2 Å². The van der Waals surface area contributed by atoms with Crippen molar-refractivity contribution < 1.29 is 23.8 Å². The Morgan fingerprint density at radius 2 is 1.51 bits per heavy atom. The molecule has 0 aliphatic rings. The van der Waals surface area contributed by atoms with Gasteiger partial charge in [-0.25, -0.2) is 0 Å². The molecule has 0 saturated carbocycles. The predicted molar refractivity (Wildman–Crippen MR) is 144 cm³/mol. The lowest BCUT2D eigenvalue weighted by Gasteiger charge is -2.31. The summed E-state index contributed by atoms with van der Waals surface area (Å²) < 4.78 is 16.4. The number of amides is 2.